The normalized spacial score (nSPS) is 19.2. The molecule has 2 aliphatic carbocycles. The summed E-state index contributed by atoms with van der Waals surface area (Å²) < 4.78 is 0. The minimum atomic E-state index is 0.555. The van der Waals surface area contributed by atoms with Crippen molar-refractivity contribution >= 4 is 6.08 Å². The molecule has 0 aromatic heterocycles. The van der Waals surface area contributed by atoms with E-state index in [1.165, 1.54) is 99.3 Å². The molecule has 2 aromatic rings. The highest BCUT2D eigenvalue weighted by atomic mass is 14.4. The lowest BCUT2D eigenvalue weighted by molar-refractivity contribution is 0.203. The van der Waals surface area contributed by atoms with Crippen LogP contribution in [0.25, 0.3) is 17.2 Å². The van der Waals surface area contributed by atoms with Gasteiger partial charge in [-0.05, 0) is 59.8 Å². The number of rotatable bonds is 5. The Bertz CT molecular complexity index is 786. The van der Waals surface area contributed by atoms with Crippen LogP contribution in [0, 0.1) is 5.41 Å². The second kappa shape index (κ2) is 9.12. The molecule has 0 saturated heterocycles. The second-order valence-electron chi connectivity index (χ2n) is 9.27. The first kappa shape index (κ1) is 19.5. The Labute approximate surface area is 172 Å². The van der Waals surface area contributed by atoms with E-state index < -0.39 is 0 Å². The van der Waals surface area contributed by atoms with Gasteiger partial charge in [-0.1, -0.05) is 112 Å². The Morgan fingerprint density at radius 1 is 0.786 bits per heavy atom. The molecule has 4 rings (SSSR count). The van der Waals surface area contributed by atoms with E-state index in [-0.39, 0.29) is 0 Å². The zero-order valence-electron chi connectivity index (χ0n) is 17.7. The number of fused-ring (bicyclic) bond motifs is 1. The Balaban J connectivity index is 1.59. The van der Waals surface area contributed by atoms with Crippen molar-refractivity contribution in [2.45, 2.75) is 84.0 Å². The first-order chi connectivity index (χ1) is 13.8. The number of hydrogen-bond acceptors (Lipinski definition) is 0. The molecule has 0 radical (unpaired) electrons. The highest BCUT2D eigenvalue weighted by molar-refractivity contribution is 5.80. The minimum absolute atomic E-state index is 0.555. The van der Waals surface area contributed by atoms with Crippen molar-refractivity contribution in [3.05, 3.63) is 65.2 Å². The van der Waals surface area contributed by atoms with Gasteiger partial charge in [-0.25, -0.2) is 0 Å². The maximum absolute atomic E-state index is 2.56. The zero-order chi connectivity index (χ0) is 19.2. The number of benzene rings is 2. The quantitative estimate of drug-likeness (QED) is 0.493. The summed E-state index contributed by atoms with van der Waals surface area (Å²) in [5.74, 6) is 0. The maximum Gasteiger partial charge on any atom is -0.00574 e. The second-order valence-corrected chi connectivity index (χ2v) is 9.27. The van der Waals surface area contributed by atoms with Crippen LogP contribution in [0.4, 0.5) is 0 Å². The smallest absolute Gasteiger partial charge is 0.00574 e. The summed E-state index contributed by atoms with van der Waals surface area (Å²) >= 11 is 0. The molecule has 2 aromatic carbocycles. The van der Waals surface area contributed by atoms with Gasteiger partial charge in [0.1, 0.15) is 0 Å². The van der Waals surface area contributed by atoms with Gasteiger partial charge in [0.2, 0.25) is 0 Å². The topological polar surface area (TPSA) is 0 Å². The Morgan fingerprint density at radius 2 is 1.50 bits per heavy atom. The monoisotopic (exact) mass is 372 g/mol. The van der Waals surface area contributed by atoms with E-state index in [2.05, 4.69) is 61.5 Å². The highest BCUT2D eigenvalue weighted by Gasteiger charge is 2.31. The molecule has 0 N–H and O–H groups in total. The van der Waals surface area contributed by atoms with Gasteiger partial charge in [-0.3, -0.25) is 0 Å². The molecular formula is C28H36. The van der Waals surface area contributed by atoms with Crippen molar-refractivity contribution in [1.29, 1.82) is 0 Å². The molecule has 0 aliphatic heterocycles. The molecule has 0 unspecified atom stereocenters. The Kier molecular flexibility index (Phi) is 6.35. The molecule has 0 heterocycles. The van der Waals surface area contributed by atoms with Gasteiger partial charge in [-0.15, -0.1) is 0 Å². The van der Waals surface area contributed by atoms with E-state index in [1.807, 2.05) is 0 Å². The molecule has 0 bridgehead atoms. The average Bonchev–Trinajstić information content (AvgIpc) is 3.16. The average molecular weight is 373 g/mol. The first-order valence-corrected chi connectivity index (χ1v) is 11.7. The third-order valence-corrected chi connectivity index (χ3v) is 7.09. The molecule has 0 nitrogen and oxygen atoms in total. The van der Waals surface area contributed by atoms with E-state index >= 15 is 0 Å². The lowest BCUT2D eigenvalue weighted by Gasteiger charge is -2.34. The SMILES string of the molecule is CCCC1(CC2=Cc3c(cccc3-c3ccccc3)C2)CCCCCCCC1. The molecular weight excluding hydrogens is 336 g/mol. The fraction of sp³-hybridized carbons (Fsp3) is 0.500. The van der Waals surface area contributed by atoms with Gasteiger partial charge in [0.05, 0.1) is 0 Å². The van der Waals surface area contributed by atoms with Crippen molar-refractivity contribution < 1.29 is 0 Å². The van der Waals surface area contributed by atoms with E-state index in [0.717, 1.165) is 0 Å². The van der Waals surface area contributed by atoms with E-state index in [4.69, 9.17) is 0 Å². The van der Waals surface area contributed by atoms with Crippen LogP contribution in [0.3, 0.4) is 0 Å². The van der Waals surface area contributed by atoms with Crippen molar-refractivity contribution in [2.24, 2.45) is 5.41 Å². The summed E-state index contributed by atoms with van der Waals surface area (Å²) in [6.07, 6.45) is 19.4. The van der Waals surface area contributed by atoms with E-state index in [0.29, 0.717) is 5.41 Å². The lowest BCUT2D eigenvalue weighted by atomic mass is 9.70. The lowest BCUT2D eigenvalue weighted by Crippen LogP contribution is -2.22. The van der Waals surface area contributed by atoms with E-state index in [1.54, 1.807) is 5.57 Å². The molecule has 0 atom stereocenters. The summed E-state index contributed by atoms with van der Waals surface area (Å²) in [6, 6.07) is 17.8. The van der Waals surface area contributed by atoms with Gasteiger partial charge in [0.25, 0.3) is 0 Å². The fourth-order valence-corrected chi connectivity index (χ4v) is 5.78. The van der Waals surface area contributed by atoms with Crippen LogP contribution >= 0.6 is 0 Å². The molecule has 28 heavy (non-hydrogen) atoms. The van der Waals surface area contributed by atoms with Crippen LogP contribution in [0.5, 0.6) is 0 Å². The fourth-order valence-electron chi connectivity index (χ4n) is 5.78. The summed E-state index contributed by atoms with van der Waals surface area (Å²) in [6.45, 7) is 2.39. The number of allylic oxidation sites excluding steroid dienone is 1. The summed E-state index contributed by atoms with van der Waals surface area (Å²) in [4.78, 5) is 0. The van der Waals surface area contributed by atoms with Gasteiger partial charge < -0.3 is 0 Å². The van der Waals surface area contributed by atoms with Crippen LogP contribution in [-0.4, -0.2) is 0 Å². The predicted molar refractivity (Wildman–Crippen MR) is 122 cm³/mol. The number of hydrogen-bond donors (Lipinski definition) is 0. The van der Waals surface area contributed by atoms with Crippen LogP contribution < -0.4 is 0 Å². The van der Waals surface area contributed by atoms with Gasteiger partial charge in [-0.2, -0.15) is 0 Å². The minimum Gasteiger partial charge on any atom is -0.0654 e. The van der Waals surface area contributed by atoms with Crippen LogP contribution in [0.2, 0.25) is 0 Å². The molecule has 1 fully saturated rings. The van der Waals surface area contributed by atoms with Crippen LogP contribution in [0.1, 0.15) is 88.7 Å². The van der Waals surface area contributed by atoms with Gasteiger partial charge in [0.15, 0.2) is 0 Å². The first-order valence-electron chi connectivity index (χ1n) is 11.7. The zero-order valence-corrected chi connectivity index (χ0v) is 17.7. The highest BCUT2D eigenvalue weighted by Crippen LogP contribution is 2.46. The molecule has 2 aliphatic rings. The summed E-state index contributed by atoms with van der Waals surface area (Å²) in [5, 5.41) is 0. The molecule has 1 saturated carbocycles. The summed E-state index contributed by atoms with van der Waals surface area (Å²) in [5.41, 5.74) is 8.02. The molecule has 0 amide bonds. The maximum atomic E-state index is 2.56. The van der Waals surface area contributed by atoms with Crippen LogP contribution in [0.15, 0.2) is 54.1 Å². The molecule has 0 heteroatoms. The largest absolute Gasteiger partial charge is 0.0654 e. The van der Waals surface area contributed by atoms with Gasteiger partial charge >= 0.3 is 0 Å². The van der Waals surface area contributed by atoms with Crippen molar-refractivity contribution in [3.63, 3.8) is 0 Å². The van der Waals surface area contributed by atoms with Crippen molar-refractivity contribution in [3.8, 4) is 11.1 Å². The van der Waals surface area contributed by atoms with E-state index in [9.17, 15) is 0 Å². The van der Waals surface area contributed by atoms with Crippen molar-refractivity contribution in [1.82, 2.24) is 0 Å². The third kappa shape index (κ3) is 4.43. The van der Waals surface area contributed by atoms with Crippen LogP contribution in [-0.2, 0) is 6.42 Å². The van der Waals surface area contributed by atoms with Gasteiger partial charge in [0, 0.05) is 0 Å². The Hall–Kier alpha value is -1.82. The predicted octanol–water partition coefficient (Wildman–Crippen LogP) is 8.60. The summed E-state index contributed by atoms with van der Waals surface area (Å²) in [7, 11) is 0. The standard InChI is InChI=1S/C28H36/c1-2-17-28(18-10-5-3-4-6-11-19-28)22-23-20-25-15-12-16-26(27(25)21-23)24-13-8-7-9-14-24/h7-9,12-16,21H,2-6,10-11,17-20,22H2,1H3. The third-order valence-electron chi connectivity index (χ3n) is 7.09. The molecule has 0 spiro atoms. The Morgan fingerprint density at radius 3 is 2.21 bits per heavy atom. The molecule has 148 valence electrons. The van der Waals surface area contributed by atoms with Crippen molar-refractivity contribution in [2.75, 3.05) is 0 Å².